The van der Waals surface area contributed by atoms with E-state index in [9.17, 15) is 21.0 Å². The van der Waals surface area contributed by atoms with E-state index in [0.29, 0.717) is 0 Å². The second-order valence-electron chi connectivity index (χ2n) is 17.7. The molecule has 2 heterocycles. The van der Waals surface area contributed by atoms with Crippen LogP contribution in [0.5, 0.6) is 0 Å². The zero-order valence-corrected chi connectivity index (χ0v) is 39.7. The first-order chi connectivity index (χ1) is 31.6. The minimum atomic E-state index is 0.134. The fraction of sp³-hybridized carbons (Fsp3) is 0.414. The van der Waals surface area contributed by atoms with Gasteiger partial charge in [-0.2, -0.15) is 21.0 Å². The van der Waals surface area contributed by atoms with Crippen LogP contribution in [0.3, 0.4) is 0 Å². The lowest BCUT2D eigenvalue weighted by Gasteiger charge is -2.22. The number of unbranched alkanes of at least 4 members (excludes halogenated alkanes) is 18. The van der Waals surface area contributed by atoms with Crippen molar-refractivity contribution in [3.05, 3.63) is 116 Å². The maximum absolute atomic E-state index is 10.8. The van der Waals surface area contributed by atoms with E-state index in [1.54, 1.807) is 22.7 Å². The molecule has 0 unspecified atom stereocenters. The van der Waals surface area contributed by atoms with Crippen LogP contribution in [-0.2, 0) is 12.8 Å². The molecule has 0 saturated heterocycles. The maximum Gasteiger partial charge on any atom is 0.138 e. The van der Waals surface area contributed by atoms with Gasteiger partial charge in [0.25, 0.3) is 0 Å². The van der Waals surface area contributed by atoms with E-state index in [1.807, 2.05) is 0 Å². The predicted molar refractivity (Wildman–Crippen MR) is 270 cm³/mol. The molecule has 0 atom stereocenters. The highest BCUT2D eigenvalue weighted by Gasteiger charge is 2.40. The van der Waals surface area contributed by atoms with Gasteiger partial charge in [0.15, 0.2) is 0 Å². The monoisotopic (exact) mass is 878 g/mol. The largest absolute Gasteiger partial charge is 0.192 e. The molecule has 0 saturated carbocycles. The number of rotatable bonds is 24. The lowest BCUT2D eigenvalue weighted by Crippen LogP contribution is -2.06. The molecule has 0 spiro atoms. The third-order valence-electron chi connectivity index (χ3n) is 13.4. The molecular formula is C58H62N4S2. The highest BCUT2D eigenvalue weighted by atomic mass is 32.1. The van der Waals surface area contributed by atoms with Crippen molar-refractivity contribution in [3.8, 4) is 67.4 Å². The van der Waals surface area contributed by atoms with Gasteiger partial charge in [0.05, 0.1) is 0 Å². The smallest absolute Gasteiger partial charge is 0.138 e. The summed E-state index contributed by atoms with van der Waals surface area (Å²) in [4.78, 5) is 2.28. The van der Waals surface area contributed by atoms with Gasteiger partial charge >= 0.3 is 0 Å². The quantitative estimate of drug-likeness (QED) is 0.0446. The Morgan fingerprint density at radius 2 is 0.750 bits per heavy atom. The van der Waals surface area contributed by atoms with Crippen LogP contribution < -0.4 is 0 Å². The van der Waals surface area contributed by atoms with Gasteiger partial charge in [0.2, 0.25) is 0 Å². The van der Waals surface area contributed by atoms with Crippen LogP contribution in [0, 0.1) is 45.3 Å². The predicted octanol–water partition coefficient (Wildman–Crippen LogP) is 17.7. The van der Waals surface area contributed by atoms with Crippen molar-refractivity contribution in [2.75, 3.05) is 0 Å². The average molecular weight is 879 g/mol. The molecule has 0 fully saturated rings. The molecular weight excluding hydrogens is 817 g/mol. The van der Waals surface area contributed by atoms with Crippen LogP contribution in [0.25, 0.3) is 54.3 Å². The molecule has 0 radical (unpaired) electrons. The van der Waals surface area contributed by atoms with E-state index >= 15 is 0 Å². The summed E-state index contributed by atoms with van der Waals surface area (Å²) in [6.45, 7) is 4.53. The summed E-state index contributed by atoms with van der Waals surface area (Å²) < 4.78 is 0. The van der Waals surface area contributed by atoms with E-state index in [1.165, 1.54) is 103 Å². The number of nitriles is 4. The molecule has 0 N–H and O–H groups in total. The molecule has 64 heavy (non-hydrogen) atoms. The van der Waals surface area contributed by atoms with Crippen molar-refractivity contribution < 1.29 is 0 Å². The topological polar surface area (TPSA) is 95.2 Å². The van der Waals surface area contributed by atoms with E-state index < -0.39 is 0 Å². The molecule has 2 aliphatic carbocycles. The number of hydrogen-bond acceptors (Lipinski definition) is 6. The number of benzene rings is 3. The Bertz CT molecular complexity index is 2410. The summed E-state index contributed by atoms with van der Waals surface area (Å²) in [7, 11) is 0. The number of thiophene rings is 2. The van der Waals surface area contributed by atoms with E-state index in [2.05, 4.69) is 110 Å². The summed E-state index contributed by atoms with van der Waals surface area (Å²) in [6.07, 6.45) is 26.0. The second-order valence-corrected chi connectivity index (χ2v) is 19.6. The minimum Gasteiger partial charge on any atom is -0.192 e. The second kappa shape index (κ2) is 23.4. The molecule has 0 bridgehead atoms. The van der Waals surface area contributed by atoms with Crippen molar-refractivity contribution >= 4 is 33.8 Å². The molecule has 6 heteroatoms. The van der Waals surface area contributed by atoms with E-state index in [4.69, 9.17) is 0 Å². The fourth-order valence-electron chi connectivity index (χ4n) is 10.3. The van der Waals surface area contributed by atoms with Gasteiger partial charge in [0, 0.05) is 20.9 Å². The Kier molecular flexibility index (Phi) is 17.0. The van der Waals surface area contributed by atoms with Crippen LogP contribution in [0.4, 0.5) is 0 Å². The van der Waals surface area contributed by atoms with Crippen LogP contribution in [0.2, 0.25) is 0 Å². The summed E-state index contributed by atoms with van der Waals surface area (Å²) in [5, 5.41) is 47.2. The Labute approximate surface area is 391 Å². The summed E-state index contributed by atoms with van der Waals surface area (Å²) >= 11 is 3.37. The van der Waals surface area contributed by atoms with Crippen molar-refractivity contribution in [1.82, 2.24) is 0 Å². The molecule has 0 aliphatic heterocycles. The Morgan fingerprint density at radius 3 is 1.06 bits per heavy atom. The molecule has 3 aromatic carbocycles. The van der Waals surface area contributed by atoms with Gasteiger partial charge in [-0.1, -0.05) is 166 Å². The van der Waals surface area contributed by atoms with E-state index in [-0.39, 0.29) is 11.1 Å². The number of fused-ring (bicyclic) bond motifs is 6. The van der Waals surface area contributed by atoms with E-state index in [0.717, 1.165) is 126 Å². The average Bonchev–Trinajstić information content (AvgIpc) is 4.16. The summed E-state index contributed by atoms with van der Waals surface area (Å²) in [6, 6.07) is 31.0. The molecule has 2 aromatic heterocycles. The minimum absolute atomic E-state index is 0.134. The van der Waals surface area contributed by atoms with Gasteiger partial charge in [-0.15, -0.1) is 22.7 Å². The first-order valence-electron chi connectivity index (χ1n) is 24.3. The maximum atomic E-state index is 10.8. The Hall–Kier alpha value is -5.50. The van der Waals surface area contributed by atoms with Gasteiger partial charge in [-0.25, -0.2) is 0 Å². The standard InChI is InChI=1S/C58H62N4S2/c1-3-5-7-9-11-13-15-17-19-21-25-47-55-45-31-29-41(51-27-23-33-63-51)35-49(45)54(44(39-61)40-62)58(55)48(26-22-20-18-16-14-12-10-8-6-4-2)56-46-32-30-42(52-28-24-34-64-52)36-50(46)53(57(47)56)43(37-59)38-60/h23-24,27-36H,3-22,25-26H2,1-2H3. The van der Waals surface area contributed by atoms with Gasteiger partial charge in [-0.05, 0) is 127 Å². The van der Waals surface area contributed by atoms with Crippen molar-refractivity contribution in [2.45, 2.75) is 155 Å². The van der Waals surface area contributed by atoms with Crippen LogP contribution in [0.15, 0.2) is 82.6 Å². The van der Waals surface area contributed by atoms with Gasteiger partial charge in [0.1, 0.15) is 35.4 Å². The fourth-order valence-corrected chi connectivity index (χ4v) is 11.7. The van der Waals surface area contributed by atoms with Gasteiger partial charge < -0.3 is 0 Å². The Balaban J connectivity index is 1.39. The zero-order chi connectivity index (χ0) is 44.7. The molecule has 0 amide bonds. The molecule has 326 valence electrons. The SMILES string of the molecule is CCCCCCCCCCCCc1c2c(c(CCCCCCCCCCCC)c3c1-c1ccc(-c4cccs4)cc1C3=C(C#N)C#N)-c1ccc(-c3cccs3)cc1C2=C(C#N)C#N. The lowest BCUT2D eigenvalue weighted by molar-refractivity contribution is 0.556. The first-order valence-corrected chi connectivity index (χ1v) is 26.0. The first kappa shape index (κ1) is 46.5. The Morgan fingerprint density at radius 1 is 0.406 bits per heavy atom. The summed E-state index contributed by atoms with van der Waals surface area (Å²) in [5.41, 5.74) is 14.3. The normalized spacial score (nSPS) is 11.9. The van der Waals surface area contributed by atoms with Crippen LogP contribution in [-0.4, -0.2) is 0 Å². The highest BCUT2D eigenvalue weighted by Crippen LogP contribution is 2.59. The number of allylic oxidation sites excluding steroid dienone is 2. The molecule has 5 aromatic rings. The molecule has 2 aliphatic rings. The third kappa shape index (κ3) is 10.2. The summed E-state index contributed by atoms with van der Waals surface area (Å²) in [5.74, 6) is 0. The number of hydrogen-bond donors (Lipinski definition) is 0. The number of nitrogens with zero attached hydrogens (tertiary/aromatic N) is 4. The van der Waals surface area contributed by atoms with Crippen LogP contribution >= 0.6 is 22.7 Å². The third-order valence-corrected chi connectivity index (χ3v) is 15.3. The lowest BCUT2D eigenvalue weighted by atomic mass is 9.80. The zero-order valence-electron chi connectivity index (χ0n) is 38.1. The highest BCUT2D eigenvalue weighted by molar-refractivity contribution is 7.13. The molecule has 4 nitrogen and oxygen atoms in total. The molecule has 7 rings (SSSR count). The van der Waals surface area contributed by atoms with Crippen molar-refractivity contribution in [3.63, 3.8) is 0 Å². The van der Waals surface area contributed by atoms with Crippen LogP contribution in [0.1, 0.15) is 176 Å². The van der Waals surface area contributed by atoms with Crippen molar-refractivity contribution in [2.24, 2.45) is 0 Å². The van der Waals surface area contributed by atoms with Gasteiger partial charge in [-0.3, -0.25) is 0 Å². The van der Waals surface area contributed by atoms with Crippen molar-refractivity contribution in [1.29, 1.82) is 21.0 Å².